The molecule has 0 amide bonds. The van der Waals surface area contributed by atoms with Crippen molar-refractivity contribution in [3.63, 3.8) is 0 Å². The van der Waals surface area contributed by atoms with Gasteiger partial charge >= 0.3 is 5.69 Å². The molecule has 24 heavy (non-hydrogen) atoms. The fourth-order valence-electron chi connectivity index (χ4n) is 2.65. The normalized spacial score (nSPS) is 15.2. The van der Waals surface area contributed by atoms with Crippen molar-refractivity contribution >= 4 is 0 Å². The van der Waals surface area contributed by atoms with Gasteiger partial charge in [0.1, 0.15) is 12.2 Å². The van der Waals surface area contributed by atoms with Crippen molar-refractivity contribution in [2.45, 2.75) is 59.6 Å². The first-order valence-corrected chi connectivity index (χ1v) is 8.41. The fraction of sp³-hybridized carbons (Fsp3) is 0.647. The largest absolute Gasteiger partial charge is 0.474 e. The van der Waals surface area contributed by atoms with Crippen LogP contribution in [0.2, 0.25) is 0 Å². The topological polar surface area (TPSA) is 76.6 Å². The summed E-state index contributed by atoms with van der Waals surface area (Å²) in [6, 6.07) is 0. The van der Waals surface area contributed by atoms with E-state index in [1.165, 1.54) is 0 Å². The molecule has 7 heteroatoms. The minimum atomic E-state index is -0.524. The lowest BCUT2D eigenvalue weighted by Crippen LogP contribution is -2.46. The van der Waals surface area contributed by atoms with Crippen LogP contribution in [0.15, 0.2) is 21.5 Å². The molecular weight excluding hydrogens is 310 g/mol. The van der Waals surface area contributed by atoms with E-state index in [4.69, 9.17) is 9.57 Å². The van der Waals surface area contributed by atoms with Crippen LogP contribution in [0.25, 0.3) is 0 Å². The van der Waals surface area contributed by atoms with E-state index in [-0.39, 0.29) is 12.2 Å². The Hall–Kier alpha value is -2.18. The Balaban J connectivity index is 2.36. The number of ether oxygens (including phenoxy) is 1. The van der Waals surface area contributed by atoms with Crippen LogP contribution < -0.4 is 16.1 Å². The van der Waals surface area contributed by atoms with Crippen molar-refractivity contribution in [1.29, 1.82) is 0 Å². The zero-order chi connectivity index (χ0) is 17.9. The number of nitrogens with one attached hydrogen (secondary N) is 1. The van der Waals surface area contributed by atoms with Gasteiger partial charge in [-0.3, -0.25) is 4.79 Å². The maximum absolute atomic E-state index is 12.6. The molecule has 0 radical (unpaired) electrons. The zero-order valence-electron chi connectivity index (χ0n) is 15.1. The molecule has 134 valence electrons. The molecule has 0 aliphatic carbocycles. The van der Waals surface area contributed by atoms with Crippen LogP contribution in [0.3, 0.4) is 0 Å². The summed E-state index contributed by atoms with van der Waals surface area (Å²) in [6.07, 6.45) is 3.44. The molecule has 0 atom stereocenters. The number of fused-ring (bicyclic) bond motifs is 1. The highest BCUT2D eigenvalue weighted by Gasteiger charge is 2.26. The first kappa shape index (κ1) is 18.2. The van der Waals surface area contributed by atoms with Gasteiger partial charge < -0.3 is 19.5 Å². The summed E-state index contributed by atoms with van der Waals surface area (Å²) >= 11 is 0. The highest BCUT2D eigenvalue weighted by atomic mass is 16.7. The van der Waals surface area contributed by atoms with Crippen LogP contribution in [-0.4, -0.2) is 33.4 Å². The Morgan fingerprint density at radius 2 is 2.00 bits per heavy atom. The summed E-state index contributed by atoms with van der Waals surface area (Å²) in [7, 11) is 0. The zero-order valence-corrected chi connectivity index (χ0v) is 15.1. The SMILES string of the molecule is CC/C=C(/OC(C)(C)C)N1CCc2[nH]c(=O)n(OCC)c(=O)c2C1. The second-order valence-corrected chi connectivity index (χ2v) is 6.74. The van der Waals surface area contributed by atoms with Gasteiger partial charge in [0.15, 0.2) is 5.88 Å². The Bertz CT molecular complexity index is 725. The molecule has 0 saturated carbocycles. The van der Waals surface area contributed by atoms with Crippen LogP contribution in [0.4, 0.5) is 0 Å². The summed E-state index contributed by atoms with van der Waals surface area (Å²) in [5, 5.41) is 0. The Morgan fingerprint density at radius 3 is 2.58 bits per heavy atom. The van der Waals surface area contributed by atoms with Gasteiger partial charge in [-0.05, 0) is 40.2 Å². The quantitative estimate of drug-likeness (QED) is 0.822. The van der Waals surface area contributed by atoms with Crippen molar-refractivity contribution in [3.05, 3.63) is 44.1 Å². The van der Waals surface area contributed by atoms with Gasteiger partial charge in [-0.1, -0.05) is 11.7 Å². The van der Waals surface area contributed by atoms with E-state index >= 15 is 0 Å². The van der Waals surface area contributed by atoms with E-state index in [0.29, 0.717) is 30.8 Å². The Kier molecular flexibility index (Phi) is 5.41. The molecule has 0 bridgehead atoms. The molecule has 0 aromatic carbocycles. The molecular formula is C17H27N3O4. The van der Waals surface area contributed by atoms with E-state index in [1.54, 1.807) is 6.92 Å². The predicted octanol–water partition coefficient (Wildman–Crippen LogP) is 1.41. The van der Waals surface area contributed by atoms with Gasteiger partial charge in [0.25, 0.3) is 5.56 Å². The monoisotopic (exact) mass is 337 g/mol. The molecule has 1 aromatic heterocycles. The highest BCUT2D eigenvalue weighted by molar-refractivity contribution is 5.21. The van der Waals surface area contributed by atoms with E-state index in [1.807, 2.05) is 38.7 Å². The molecule has 1 aliphatic rings. The number of nitrogens with zero attached hydrogens (tertiary/aromatic N) is 2. The van der Waals surface area contributed by atoms with E-state index in [0.717, 1.165) is 17.0 Å². The van der Waals surface area contributed by atoms with Gasteiger partial charge in [-0.25, -0.2) is 4.79 Å². The predicted molar refractivity (Wildman–Crippen MR) is 91.8 cm³/mol. The van der Waals surface area contributed by atoms with E-state index in [2.05, 4.69) is 4.98 Å². The van der Waals surface area contributed by atoms with Crippen LogP contribution in [0.1, 0.15) is 52.3 Å². The summed E-state index contributed by atoms with van der Waals surface area (Å²) in [5.41, 5.74) is -0.00787. The van der Waals surface area contributed by atoms with Gasteiger partial charge in [0.05, 0.1) is 12.1 Å². The van der Waals surface area contributed by atoms with Crippen molar-refractivity contribution in [2.75, 3.05) is 13.2 Å². The first-order chi connectivity index (χ1) is 11.3. The number of aromatic nitrogens is 2. The average molecular weight is 337 g/mol. The van der Waals surface area contributed by atoms with Gasteiger partial charge in [0, 0.05) is 18.7 Å². The molecule has 2 rings (SSSR count). The summed E-state index contributed by atoms with van der Waals surface area (Å²) in [4.78, 5) is 34.5. The Labute approximate surface area is 141 Å². The van der Waals surface area contributed by atoms with E-state index in [9.17, 15) is 9.59 Å². The second kappa shape index (κ2) is 7.15. The van der Waals surface area contributed by atoms with E-state index < -0.39 is 11.2 Å². The van der Waals surface area contributed by atoms with Crippen molar-refractivity contribution in [2.24, 2.45) is 0 Å². The molecule has 7 nitrogen and oxygen atoms in total. The highest BCUT2D eigenvalue weighted by Crippen LogP contribution is 2.22. The second-order valence-electron chi connectivity index (χ2n) is 6.74. The number of hydrogen-bond donors (Lipinski definition) is 1. The van der Waals surface area contributed by atoms with Crippen LogP contribution in [-0.2, 0) is 17.7 Å². The minimum Gasteiger partial charge on any atom is -0.474 e. The molecule has 1 aromatic rings. The average Bonchev–Trinajstić information content (AvgIpc) is 2.49. The summed E-state index contributed by atoms with van der Waals surface area (Å²) in [6.45, 7) is 11.1. The number of H-pyrrole nitrogens is 1. The van der Waals surface area contributed by atoms with Crippen LogP contribution >= 0.6 is 0 Å². The molecule has 0 spiro atoms. The summed E-state index contributed by atoms with van der Waals surface area (Å²) in [5.74, 6) is 0.768. The number of rotatable bonds is 5. The number of allylic oxidation sites excluding steroid dienone is 1. The molecule has 2 heterocycles. The third kappa shape index (κ3) is 4.01. The van der Waals surface area contributed by atoms with Crippen LogP contribution in [0.5, 0.6) is 0 Å². The lowest BCUT2D eigenvalue weighted by atomic mass is 10.1. The molecule has 1 N–H and O–H groups in total. The van der Waals surface area contributed by atoms with Gasteiger partial charge in [-0.2, -0.15) is 0 Å². The minimum absolute atomic E-state index is 0.250. The molecule has 0 fully saturated rings. The lowest BCUT2D eigenvalue weighted by molar-refractivity contribution is -0.00347. The third-order valence-corrected chi connectivity index (χ3v) is 3.59. The van der Waals surface area contributed by atoms with Crippen molar-refractivity contribution < 1.29 is 9.57 Å². The van der Waals surface area contributed by atoms with Gasteiger partial charge in [-0.15, -0.1) is 0 Å². The standard InChI is InChI=1S/C17H27N3O4/c1-6-8-14(24-17(3,4)5)19-10-9-13-12(11-19)15(21)20(23-7-2)16(22)18-13/h8H,6-7,9-11H2,1-5H3,(H,18,22)/b14-8+. The molecule has 0 saturated heterocycles. The lowest BCUT2D eigenvalue weighted by Gasteiger charge is -2.35. The maximum atomic E-state index is 12.6. The number of aromatic amines is 1. The Morgan fingerprint density at radius 1 is 1.29 bits per heavy atom. The number of hydrogen-bond acceptors (Lipinski definition) is 5. The maximum Gasteiger partial charge on any atom is 0.362 e. The molecule has 1 aliphatic heterocycles. The van der Waals surface area contributed by atoms with Crippen molar-refractivity contribution in [1.82, 2.24) is 14.6 Å². The smallest absolute Gasteiger partial charge is 0.362 e. The van der Waals surface area contributed by atoms with Gasteiger partial charge in [0.2, 0.25) is 0 Å². The third-order valence-electron chi connectivity index (χ3n) is 3.59. The fourth-order valence-corrected chi connectivity index (χ4v) is 2.65. The van der Waals surface area contributed by atoms with Crippen molar-refractivity contribution in [3.8, 4) is 0 Å². The van der Waals surface area contributed by atoms with Crippen LogP contribution in [0, 0.1) is 0 Å². The molecule has 0 unspecified atom stereocenters. The summed E-state index contributed by atoms with van der Waals surface area (Å²) < 4.78 is 6.85. The first-order valence-electron chi connectivity index (χ1n) is 8.41.